The molecule has 0 spiro atoms. The molecule has 98 valence electrons. The standard InChI is InChI=1S/C15H21FN2/c1-2-14(15(17)9-16)12-5-3-11(4-6-12)13-7-8-18-10-13/h3,5-7,10-11,14-15H,2,4,8-9,17H2,1H3. The number of aliphatic imine (C=N–C) groups is 1. The Morgan fingerprint density at radius 3 is 2.83 bits per heavy atom. The van der Waals surface area contributed by atoms with Gasteiger partial charge in [0.1, 0.15) is 6.67 Å². The second-order valence-corrected chi connectivity index (χ2v) is 4.94. The maximum Gasteiger partial charge on any atom is 0.105 e. The van der Waals surface area contributed by atoms with Gasteiger partial charge in [-0.2, -0.15) is 0 Å². The predicted octanol–water partition coefficient (Wildman–Crippen LogP) is 2.82. The largest absolute Gasteiger partial charge is 0.325 e. The van der Waals surface area contributed by atoms with E-state index >= 15 is 0 Å². The van der Waals surface area contributed by atoms with E-state index < -0.39 is 6.67 Å². The van der Waals surface area contributed by atoms with E-state index in [-0.39, 0.29) is 12.0 Å². The molecular weight excluding hydrogens is 227 g/mol. The average molecular weight is 248 g/mol. The van der Waals surface area contributed by atoms with Gasteiger partial charge < -0.3 is 5.73 Å². The molecular formula is C15H21FN2. The van der Waals surface area contributed by atoms with Crippen LogP contribution in [0.15, 0.2) is 40.4 Å². The maximum atomic E-state index is 12.7. The lowest BCUT2D eigenvalue weighted by atomic mass is 9.83. The molecule has 0 aromatic carbocycles. The highest BCUT2D eigenvalue weighted by atomic mass is 19.1. The monoisotopic (exact) mass is 248 g/mol. The minimum Gasteiger partial charge on any atom is -0.325 e. The molecule has 3 unspecified atom stereocenters. The van der Waals surface area contributed by atoms with Gasteiger partial charge in [0.15, 0.2) is 0 Å². The molecule has 2 rings (SSSR count). The number of hydrogen-bond acceptors (Lipinski definition) is 2. The lowest BCUT2D eigenvalue weighted by Crippen LogP contribution is -2.33. The van der Waals surface area contributed by atoms with E-state index in [1.165, 1.54) is 11.1 Å². The first-order chi connectivity index (χ1) is 8.76. The highest BCUT2D eigenvalue weighted by molar-refractivity contribution is 5.82. The molecule has 2 aliphatic rings. The summed E-state index contributed by atoms with van der Waals surface area (Å²) in [5.41, 5.74) is 8.32. The zero-order valence-corrected chi connectivity index (χ0v) is 10.8. The highest BCUT2D eigenvalue weighted by Gasteiger charge is 2.22. The minimum absolute atomic E-state index is 0.137. The van der Waals surface area contributed by atoms with E-state index in [0.717, 1.165) is 19.4 Å². The minimum atomic E-state index is -0.453. The molecule has 2 nitrogen and oxygen atoms in total. The maximum absolute atomic E-state index is 12.7. The van der Waals surface area contributed by atoms with Crippen LogP contribution in [-0.2, 0) is 0 Å². The van der Waals surface area contributed by atoms with Crippen LogP contribution in [-0.4, -0.2) is 25.5 Å². The van der Waals surface area contributed by atoms with Crippen molar-refractivity contribution in [3.05, 3.63) is 35.5 Å². The first kappa shape index (κ1) is 13.2. The number of hydrogen-bond donors (Lipinski definition) is 1. The number of allylic oxidation sites excluding steroid dienone is 4. The second-order valence-electron chi connectivity index (χ2n) is 4.94. The molecule has 1 heterocycles. The van der Waals surface area contributed by atoms with Crippen LogP contribution in [0.4, 0.5) is 4.39 Å². The van der Waals surface area contributed by atoms with Crippen molar-refractivity contribution < 1.29 is 4.39 Å². The summed E-state index contributed by atoms with van der Waals surface area (Å²) in [6, 6.07) is -0.380. The fourth-order valence-electron chi connectivity index (χ4n) is 2.67. The summed E-state index contributed by atoms with van der Waals surface area (Å²) in [6.07, 6.45) is 12.5. The van der Waals surface area contributed by atoms with Crippen molar-refractivity contribution in [2.45, 2.75) is 25.8 Å². The zero-order valence-electron chi connectivity index (χ0n) is 10.8. The quantitative estimate of drug-likeness (QED) is 0.798. The van der Waals surface area contributed by atoms with Crippen LogP contribution in [0.2, 0.25) is 0 Å². The summed E-state index contributed by atoms with van der Waals surface area (Å²) in [4.78, 5) is 4.21. The van der Waals surface area contributed by atoms with Gasteiger partial charge in [0.05, 0.1) is 6.54 Å². The van der Waals surface area contributed by atoms with E-state index in [1.54, 1.807) is 0 Å². The summed E-state index contributed by atoms with van der Waals surface area (Å²) in [5, 5.41) is 0. The Balaban J connectivity index is 2.02. The van der Waals surface area contributed by atoms with E-state index in [9.17, 15) is 4.39 Å². The van der Waals surface area contributed by atoms with Crippen LogP contribution in [0.3, 0.4) is 0 Å². The normalized spacial score (nSPS) is 25.8. The molecule has 0 saturated carbocycles. The first-order valence-electron chi connectivity index (χ1n) is 6.66. The average Bonchev–Trinajstić information content (AvgIpc) is 2.94. The van der Waals surface area contributed by atoms with Gasteiger partial charge >= 0.3 is 0 Å². The topological polar surface area (TPSA) is 38.4 Å². The zero-order chi connectivity index (χ0) is 13.0. The summed E-state index contributed by atoms with van der Waals surface area (Å²) < 4.78 is 12.7. The Morgan fingerprint density at radius 1 is 1.50 bits per heavy atom. The lowest BCUT2D eigenvalue weighted by Gasteiger charge is -2.25. The van der Waals surface area contributed by atoms with Crippen LogP contribution in [0.1, 0.15) is 19.8 Å². The van der Waals surface area contributed by atoms with E-state index in [0.29, 0.717) is 5.92 Å². The molecule has 0 amide bonds. The number of halogens is 1. The highest BCUT2D eigenvalue weighted by Crippen LogP contribution is 2.29. The van der Waals surface area contributed by atoms with Gasteiger partial charge in [0.2, 0.25) is 0 Å². The Morgan fingerprint density at radius 2 is 2.33 bits per heavy atom. The van der Waals surface area contributed by atoms with Crippen molar-refractivity contribution in [1.82, 2.24) is 0 Å². The Bertz CT molecular complexity index is 407. The van der Waals surface area contributed by atoms with Crippen LogP contribution >= 0.6 is 0 Å². The van der Waals surface area contributed by atoms with Crippen molar-refractivity contribution in [3.63, 3.8) is 0 Å². The Labute approximate surface area is 108 Å². The van der Waals surface area contributed by atoms with Gasteiger partial charge in [-0.3, -0.25) is 4.99 Å². The Kier molecular flexibility index (Phi) is 4.48. The van der Waals surface area contributed by atoms with Gasteiger partial charge in [-0.1, -0.05) is 31.2 Å². The second kappa shape index (κ2) is 6.10. The third-order valence-electron chi connectivity index (χ3n) is 3.79. The van der Waals surface area contributed by atoms with Gasteiger partial charge in [0, 0.05) is 24.1 Å². The SMILES string of the molecule is CCC(C1=CCC(C2=CCN=C2)C=C1)C(N)CF. The first-order valence-corrected chi connectivity index (χ1v) is 6.66. The number of nitrogens with zero attached hydrogens (tertiary/aromatic N) is 1. The van der Waals surface area contributed by atoms with E-state index in [2.05, 4.69) is 36.2 Å². The smallest absolute Gasteiger partial charge is 0.105 e. The fraction of sp³-hybridized carbons (Fsp3) is 0.533. The van der Waals surface area contributed by atoms with Crippen LogP contribution in [0, 0.1) is 11.8 Å². The number of rotatable bonds is 5. The van der Waals surface area contributed by atoms with Crippen LogP contribution < -0.4 is 5.73 Å². The molecule has 0 aromatic heterocycles. The third-order valence-corrected chi connectivity index (χ3v) is 3.79. The molecule has 3 atom stereocenters. The van der Waals surface area contributed by atoms with E-state index in [1.807, 2.05) is 6.21 Å². The molecule has 0 fully saturated rings. The van der Waals surface area contributed by atoms with Crippen molar-refractivity contribution in [3.8, 4) is 0 Å². The lowest BCUT2D eigenvalue weighted by molar-refractivity contribution is 0.357. The molecule has 1 aliphatic carbocycles. The van der Waals surface area contributed by atoms with Crippen LogP contribution in [0.25, 0.3) is 0 Å². The molecule has 0 radical (unpaired) electrons. The van der Waals surface area contributed by atoms with Gasteiger partial charge in [-0.05, 0) is 24.0 Å². The summed E-state index contributed by atoms with van der Waals surface area (Å²) in [6.45, 7) is 2.42. The summed E-state index contributed by atoms with van der Waals surface area (Å²) >= 11 is 0. The van der Waals surface area contributed by atoms with Crippen molar-refractivity contribution >= 4 is 6.21 Å². The van der Waals surface area contributed by atoms with Gasteiger partial charge in [-0.15, -0.1) is 0 Å². The van der Waals surface area contributed by atoms with Gasteiger partial charge in [0.25, 0.3) is 0 Å². The Hall–Kier alpha value is -1.22. The molecule has 3 heteroatoms. The predicted molar refractivity (Wildman–Crippen MR) is 74.5 cm³/mol. The number of alkyl halides is 1. The molecule has 2 N–H and O–H groups in total. The fourth-order valence-corrected chi connectivity index (χ4v) is 2.67. The molecule has 0 saturated heterocycles. The summed E-state index contributed by atoms with van der Waals surface area (Å²) in [7, 11) is 0. The number of nitrogens with two attached hydrogens (primary N) is 1. The van der Waals surface area contributed by atoms with E-state index in [4.69, 9.17) is 5.73 Å². The summed E-state index contributed by atoms with van der Waals surface area (Å²) in [5.74, 6) is 0.567. The molecule has 0 bridgehead atoms. The molecule has 1 aliphatic heterocycles. The molecule has 18 heavy (non-hydrogen) atoms. The molecule has 0 aromatic rings. The third kappa shape index (κ3) is 2.78. The van der Waals surface area contributed by atoms with Crippen LogP contribution in [0.5, 0.6) is 0 Å². The van der Waals surface area contributed by atoms with Crippen molar-refractivity contribution in [1.29, 1.82) is 0 Å². The van der Waals surface area contributed by atoms with Crippen molar-refractivity contribution in [2.75, 3.05) is 13.2 Å². The van der Waals surface area contributed by atoms with Gasteiger partial charge in [-0.25, -0.2) is 4.39 Å². The van der Waals surface area contributed by atoms with Crippen molar-refractivity contribution in [2.24, 2.45) is 22.6 Å².